The van der Waals surface area contributed by atoms with Gasteiger partial charge in [-0.2, -0.15) is 0 Å². The number of hydrogen-bond acceptors (Lipinski definition) is 3. The van der Waals surface area contributed by atoms with Gasteiger partial charge >= 0.3 is 0 Å². The monoisotopic (exact) mass is 226 g/mol. The zero-order chi connectivity index (χ0) is 11.4. The highest BCUT2D eigenvalue weighted by Crippen LogP contribution is 2.29. The Hall–Kier alpha value is -0.120. The Kier molecular flexibility index (Phi) is 4.62. The molecule has 0 bridgehead atoms. The standard InChI is InChI=1S/C13H26N2O/c1-3-14-13-6-7-16-10-12(13)9-15(2)8-11-4-5-11/h11-14H,3-10H2,1-2H3. The van der Waals surface area contributed by atoms with Crippen molar-refractivity contribution in [3.05, 3.63) is 0 Å². The molecule has 0 aromatic carbocycles. The second-order valence-corrected chi connectivity index (χ2v) is 5.45. The fraction of sp³-hybridized carbons (Fsp3) is 1.00. The van der Waals surface area contributed by atoms with Crippen LogP contribution in [0.3, 0.4) is 0 Å². The summed E-state index contributed by atoms with van der Waals surface area (Å²) in [5.41, 5.74) is 0. The second kappa shape index (κ2) is 5.99. The zero-order valence-corrected chi connectivity index (χ0v) is 10.7. The molecule has 1 saturated heterocycles. The third kappa shape index (κ3) is 3.72. The van der Waals surface area contributed by atoms with Gasteiger partial charge in [0.05, 0.1) is 6.61 Å². The van der Waals surface area contributed by atoms with Crippen LogP contribution in [-0.4, -0.2) is 50.8 Å². The lowest BCUT2D eigenvalue weighted by Crippen LogP contribution is -2.47. The van der Waals surface area contributed by atoms with Crippen LogP contribution in [0.2, 0.25) is 0 Å². The molecule has 16 heavy (non-hydrogen) atoms. The molecule has 2 atom stereocenters. The van der Waals surface area contributed by atoms with E-state index < -0.39 is 0 Å². The second-order valence-electron chi connectivity index (χ2n) is 5.45. The average Bonchev–Trinajstić information content (AvgIpc) is 3.05. The van der Waals surface area contributed by atoms with E-state index in [-0.39, 0.29) is 0 Å². The molecule has 1 heterocycles. The van der Waals surface area contributed by atoms with E-state index >= 15 is 0 Å². The molecule has 1 aliphatic carbocycles. The van der Waals surface area contributed by atoms with Crippen molar-refractivity contribution >= 4 is 0 Å². The highest BCUT2D eigenvalue weighted by atomic mass is 16.5. The van der Waals surface area contributed by atoms with E-state index in [1.54, 1.807) is 0 Å². The highest BCUT2D eigenvalue weighted by Gasteiger charge is 2.28. The quantitative estimate of drug-likeness (QED) is 0.740. The minimum Gasteiger partial charge on any atom is -0.381 e. The molecule has 3 heteroatoms. The summed E-state index contributed by atoms with van der Waals surface area (Å²) >= 11 is 0. The Morgan fingerprint density at radius 1 is 1.25 bits per heavy atom. The van der Waals surface area contributed by atoms with Gasteiger partial charge in [0.25, 0.3) is 0 Å². The zero-order valence-electron chi connectivity index (χ0n) is 10.7. The molecule has 0 amide bonds. The van der Waals surface area contributed by atoms with Gasteiger partial charge in [0.15, 0.2) is 0 Å². The molecule has 2 unspecified atom stereocenters. The third-order valence-corrected chi connectivity index (χ3v) is 3.75. The van der Waals surface area contributed by atoms with Crippen molar-refractivity contribution in [3.63, 3.8) is 0 Å². The molecule has 2 rings (SSSR count). The number of nitrogens with one attached hydrogen (secondary N) is 1. The lowest BCUT2D eigenvalue weighted by atomic mass is 9.95. The minimum atomic E-state index is 0.667. The Balaban J connectivity index is 1.75. The van der Waals surface area contributed by atoms with E-state index in [1.165, 1.54) is 32.4 Å². The molecule has 0 radical (unpaired) electrons. The maximum atomic E-state index is 5.61. The first-order valence-electron chi connectivity index (χ1n) is 6.79. The van der Waals surface area contributed by atoms with Gasteiger partial charge in [-0.3, -0.25) is 0 Å². The van der Waals surface area contributed by atoms with Crippen molar-refractivity contribution in [1.29, 1.82) is 0 Å². The van der Waals surface area contributed by atoms with Crippen molar-refractivity contribution < 1.29 is 4.74 Å². The molecule has 2 fully saturated rings. The summed E-state index contributed by atoms with van der Waals surface area (Å²) in [4.78, 5) is 2.50. The van der Waals surface area contributed by atoms with Gasteiger partial charge in [0.1, 0.15) is 0 Å². The topological polar surface area (TPSA) is 24.5 Å². The minimum absolute atomic E-state index is 0.667. The van der Waals surface area contributed by atoms with Gasteiger partial charge in [-0.1, -0.05) is 6.92 Å². The average molecular weight is 226 g/mol. The summed E-state index contributed by atoms with van der Waals surface area (Å²) in [6.45, 7) is 7.62. The molecule has 0 spiro atoms. The van der Waals surface area contributed by atoms with Crippen LogP contribution in [-0.2, 0) is 4.74 Å². The van der Waals surface area contributed by atoms with Gasteiger partial charge < -0.3 is 15.0 Å². The van der Waals surface area contributed by atoms with Gasteiger partial charge in [0, 0.05) is 31.7 Å². The van der Waals surface area contributed by atoms with E-state index in [0.717, 1.165) is 25.7 Å². The number of nitrogens with zero attached hydrogens (tertiary/aromatic N) is 1. The SMILES string of the molecule is CCNC1CCOCC1CN(C)CC1CC1. The molecule has 1 aliphatic heterocycles. The molecule has 2 aliphatic rings. The maximum Gasteiger partial charge on any atom is 0.0521 e. The van der Waals surface area contributed by atoms with Crippen LogP contribution in [0.25, 0.3) is 0 Å². The summed E-state index contributed by atoms with van der Waals surface area (Å²) in [6, 6.07) is 0.667. The van der Waals surface area contributed by atoms with Crippen molar-refractivity contribution in [1.82, 2.24) is 10.2 Å². The molecule has 94 valence electrons. The summed E-state index contributed by atoms with van der Waals surface area (Å²) in [5.74, 6) is 1.67. The summed E-state index contributed by atoms with van der Waals surface area (Å²) in [5, 5.41) is 3.60. The van der Waals surface area contributed by atoms with E-state index in [4.69, 9.17) is 4.74 Å². The van der Waals surface area contributed by atoms with Crippen LogP contribution in [0.15, 0.2) is 0 Å². The fourth-order valence-corrected chi connectivity index (χ4v) is 2.72. The summed E-state index contributed by atoms with van der Waals surface area (Å²) < 4.78 is 5.61. The Morgan fingerprint density at radius 3 is 2.75 bits per heavy atom. The third-order valence-electron chi connectivity index (χ3n) is 3.75. The molecule has 1 N–H and O–H groups in total. The predicted octanol–water partition coefficient (Wildman–Crippen LogP) is 1.34. The fourth-order valence-electron chi connectivity index (χ4n) is 2.72. The molecule has 3 nitrogen and oxygen atoms in total. The van der Waals surface area contributed by atoms with Crippen LogP contribution >= 0.6 is 0 Å². The number of rotatable bonds is 6. The Labute approximate surface area is 99.5 Å². The van der Waals surface area contributed by atoms with Crippen molar-refractivity contribution in [2.24, 2.45) is 11.8 Å². The van der Waals surface area contributed by atoms with Gasteiger partial charge in [-0.15, -0.1) is 0 Å². The molecule has 0 aromatic heterocycles. The molecular weight excluding hydrogens is 200 g/mol. The van der Waals surface area contributed by atoms with E-state index in [9.17, 15) is 0 Å². The lowest BCUT2D eigenvalue weighted by molar-refractivity contribution is 0.0197. The van der Waals surface area contributed by atoms with E-state index in [1.807, 2.05) is 0 Å². The largest absolute Gasteiger partial charge is 0.381 e. The predicted molar refractivity (Wildman–Crippen MR) is 66.6 cm³/mol. The lowest BCUT2D eigenvalue weighted by Gasteiger charge is -2.34. The molecule has 1 saturated carbocycles. The summed E-state index contributed by atoms with van der Waals surface area (Å²) in [6.07, 6.45) is 4.07. The van der Waals surface area contributed by atoms with E-state index in [2.05, 4.69) is 24.2 Å². The van der Waals surface area contributed by atoms with Crippen molar-refractivity contribution in [2.45, 2.75) is 32.2 Å². The first-order chi connectivity index (χ1) is 7.79. The van der Waals surface area contributed by atoms with Crippen LogP contribution in [0.4, 0.5) is 0 Å². The normalized spacial score (nSPS) is 30.9. The smallest absolute Gasteiger partial charge is 0.0521 e. The maximum absolute atomic E-state index is 5.61. The molecule has 0 aromatic rings. The van der Waals surface area contributed by atoms with Gasteiger partial charge in [0.2, 0.25) is 0 Å². The number of hydrogen-bond donors (Lipinski definition) is 1. The van der Waals surface area contributed by atoms with Crippen LogP contribution in [0.1, 0.15) is 26.2 Å². The Morgan fingerprint density at radius 2 is 2.06 bits per heavy atom. The van der Waals surface area contributed by atoms with Crippen LogP contribution in [0.5, 0.6) is 0 Å². The first-order valence-corrected chi connectivity index (χ1v) is 6.79. The number of ether oxygens (including phenoxy) is 1. The van der Waals surface area contributed by atoms with Gasteiger partial charge in [-0.25, -0.2) is 0 Å². The van der Waals surface area contributed by atoms with Gasteiger partial charge in [-0.05, 0) is 38.8 Å². The first kappa shape index (κ1) is 12.3. The van der Waals surface area contributed by atoms with Crippen LogP contribution in [0, 0.1) is 11.8 Å². The van der Waals surface area contributed by atoms with Crippen LogP contribution < -0.4 is 5.32 Å². The highest BCUT2D eigenvalue weighted by molar-refractivity contribution is 4.83. The van der Waals surface area contributed by atoms with E-state index in [0.29, 0.717) is 12.0 Å². The Bertz CT molecular complexity index is 204. The van der Waals surface area contributed by atoms with Crippen molar-refractivity contribution in [2.75, 3.05) is 39.9 Å². The molecular formula is C13H26N2O. The van der Waals surface area contributed by atoms with Crippen molar-refractivity contribution in [3.8, 4) is 0 Å². The summed E-state index contributed by atoms with van der Waals surface area (Å²) in [7, 11) is 2.26.